The lowest BCUT2D eigenvalue weighted by atomic mass is 9.65. The number of rotatable bonds is 0. The van der Waals surface area contributed by atoms with Gasteiger partial charge >= 0.3 is 0 Å². The van der Waals surface area contributed by atoms with Gasteiger partial charge in [-0.2, -0.15) is 0 Å². The van der Waals surface area contributed by atoms with Crippen molar-refractivity contribution >= 4 is 5.78 Å². The highest BCUT2D eigenvalue weighted by Gasteiger charge is 2.39. The SMILES string of the molecule is CC12CCCC=C1CCCC2=O. The molecule has 0 spiro atoms. The van der Waals surface area contributed by atoms with Gasteiger partial charge in [0, 0.05) is 11.8 Å². The minimum atomic E-state index is -0.0451. The van der Waals surface area contributed by atoms with Crippen molar-refractivity contribution < 1.29 is 4.79 Å². The fourth-order valence-electron chi connectivity index (χ4n) is 2.53. The maximum Gasteiger partial charge on any atom is 0.142 e. The zero-order valence-electron chi connectivity index (χ0n) is 7.73. The molecule has 1 saturated carbocycles. The summed E-state index contributed by atoms with van der Waals surface area (Å²) in [5.74, 6) is 0.486. The monoisotopic (exact) mass is 164 g/mol. The van der Waals surface area contributed by atoms with Crippen LogP contribution in [0.3, 0.4) is 0 Å². The maximum absolute atomic E-state index is 11.7. The number of carbonyl (C=O) groups excluding carboxylic acids is 1. The summed E-state index contributed by atoms with van der Waals surface area (Å²) in [5, 5.41) is 0. The molecule has 2 aliphatic carbocycles. The summed E-state index contributed by atoms with van der Waals surface area (Å²) in [6.45, 7) is 2.14. The Morgan fingerprint density at radius 1 is 1.33 bits per heavy atom. The normalized spacial score (nSPS) is 35.8. The number of carbonyl (C=O) groups is 1. The fraction of sp³-hybridized carbons (Fsp3) is 0.727. The van der Waals surface area contributed by atoms with Crippen molar-refractivity contribution in [2.75, 3.05) is 0 Å². The van der Waals surface area contributed by atoms with Crippen molar-refractivity contribution in [2.45, 2.75) is 45.4 Å². The van der Waals surface area contributed by atoms with E-state index in [-0.39, 0.29) is 5.41 Å². The molecule has 12 heavy (non-hydrogen) atoms. The van der Waals surface area contributed by atoms with Crippen LogP contribution in [-0.4, -0.2) is 5.78 Å². The first-order valence-electron chi connectivity index (χ1n) is 4.96. The molecule has 2 rings (SSSR count). The Kier molecular flexibility index (Phi) is 1.82. The first-order chi connectivity index (χ1) is 5.73. The van der Waals surface area contributed by atoms with Crippen molar-refractivity contribution in [2.24, 2.45) is 5.41 Å². The second-order valence-electron chi connectivity index (χ2n) is 4.23. The van der Waals surface area contributed by atoms with Crippen molar-refractivity contribution in [3.8, 4) is 0 Å². The van der Waals surface area contributed by atoms with Crippen LogP contribution in [0.25, 0.3) is 0 Å². The van der Waals surface area contributed by atoms with Gasteiger partial charge in [-0.1, -0.05) is 11.6 Å². The smallest absolute Gasteiger partial charge is 0.142 e. The molecule has 1 heteroatoms. The van der Waals surface area contributed by atoms with Gasteiger partial charge in [0.25, 0.3) is 0 Å². The number of ketones is 1. The molecule has 0 saturated heterocycles. The van der Waals surface area contributed by atoms with Gasteiger partial charge < -0.3 is 0 Å². The van der Waals surface area contributed by atoms with E-state index in [9.17, 15) is 4.79 Å². The van der Waals surface area contributed by atoms with Gasteiger partial charge in [-0.05, 0) is 39.0 Å². The van der Waals surface area contributed by atoms with Gasteiger partial charge in [-0.25, -0.2) is 0 Å². The molecule has 1 unspecified atom stereocenters. The van der Waals surface area contributed by atoms with E-state index in [1.165, 1.54) is 24.8 Å². The summed E-state index contributed by atoms with van der Waals surface area (Å²) in [4.78, 5) is 11.7. The Hall–Kier alpha value is -0.590. The first-order valence-corrected chi connectivity index (χ1v) is 4.96. The van der Waals surface area contributed by atoms with Gasteiger partial charge in [0.1, 0.15) is 5.78 Å². The van der Waals surface area contributed by atoms with Crippen LogP contribution in [0.5, 0.6) is 0 Å². The van der Waals surface area contributed by atoms with Gasteiger partial charge in [0.15, 0.2) is 0 Å². The Morgan fingerprint density at radius 2 is 2.17 bits per heavy atom. The minimum absolute atomic E-state index is 0.0451. The Bertz CT molecular complexity index is 239. The number of hydrogen-bond acceptors (Lipinski definition) is 1. The summed E-state index contributed by atoms with van der Waals surface area (Å²) in [7, 11) is 0. The predicted molar refractivity (Wildman–Crippen MR) is 48.9 cm³/mol. The van der Waals surface area contributed by atoms with E-state index >= 15 is 0 Å². The zero-order valence-corrected chi connectivity index (χ0v) is 7.73. The van der Waals surface area contributed by atoms with Crippen molar-refractivity contribution in [3.63, 3.8) is 0 Å². The van der Waals surface area contributed by atoms with Gasteiger partial charge in [0.2, 0.25) is 0 Å². The molecule has 1 atom stereocenters. The molecule has 1 nitrogen and oxygen atoms in total. The third-order valence-corrected chi connectivity index (χ3v) is 3.45. The quantitative estimate of drug-likeness (QED) is 0.503. The highest BCUT2D eigenvalue weighted by Crippen LogP contribution is 2.44. The van der Waals surface area contributed by atoms with Crippen LogP contribution in [0.4, 0.5) is 0 Å². The topological polar surface area (TPSA) is 17.1 Å². The molecule has 0 aliphatic heterocycles. The largest absolute Gasteiger partial charge is 0.299 e. The number of allylic oxidation sites excluding steroid dienone is 2. The van der Waals surface area contributed by atoms with Crippen LogP contribution >= 0.6 is 0 Å². The molecule has 1 fully saturated rings. The fourth-order valence-corrected chi connectivity index (χ4v) is 2.53. The summed E-state index contributed by atoms with van der Waals surface area (Å²) < 4.78 is 0. The summed E-state index contributed by atoms with van der Waals surface area (Å²) in [6, 6.07) is 0. The summed E-state index contributed by atoms with van der Waals surface area (Å²) >= 11 is 0. The molecular weight excluding hydrogens is 148 g/mol. The van der Waals surface area contributed by atoms with Crippen molar-refractivity contribution in [3.05, 3.63) is 11.6 Å². The molecule has 0 bridgehead atoms. The standard InChI is InChI=1S/C11H16O/c1-11-8-3-2-5-9(11)6-4-7-10(11)12/h5H,2-4,6-8H2,1H3. The number of fused-ring (bicyclic) bond motifs is 1. The minimum Gasteiger partial charge on any atom is -0.299 e. The van der Waals surface area contributed by atoms with E-state index in [0.29, 0.717) is 5.78 Å². The van der Waals surface area contributed by atoms with E-state index in [2.05, 4.69) is 13.0 Å². The van der Waals surface area contributed by atoms with Crippen LogP contribution in [0.15, 0.2) is 11.6 Å². The highest BCUT2D eigenvalue weighted by atomic mass is 16.1. The Morgan fingerprint density at radius 3 is 2.92 bits per heavy atom. The average Bonchev–Trinajstić information content (AvgIpc) is 2.07. The van der Waals surface area contributed by atoms with Crippen LogP contribution in [0.1, 0.15) is 45.4 Å². The number of Topliss-reactive ketones (excluding diaryl/α,β-unsaturated/α-hetero) is 1. The number of hydrogen-bond donors (Lipinski definition) is 0. The maximum atomic E-state index is 11.7. The molecule has 0 heterocycles. The molecule has 0 aromatic rings. The van der Waals surface area contributed by atoms with E-state index < -0.39 is 0 Å². The molecule has 0 amide bonds. The summed E-state index contributed by atoms with van der Waals surface area (Å²) in [6.07, 6.45) is 8.86. The van der Waals surface area contributed by atoms with Crippen LogP contribution in [-0.2, 0) is 4.79 Å². The molecule has 2 aliphatic rings. The first kappa shape index (κ1) is 8.03. The Labute approximate surface area is 73.8 Å². The predicted octanol–water partition coefficient (Wildman–Crippen LogP) is 2.86. The third kappa shape index (κ3) is 1.03. The second-order valence-corrected chi connectivity index (χ2v) is 4.23. The van der Waals surface area contributed by atoms with E-state index in [4.69, 9.17) is 0 Å². The lowest BCUT2D eigenvalue weighted by molar-refractivity contribution is -0.128. The lowest BCUT2D eigenvalue weighted by Crippen LogP contribution is -2.34. The van der Waals surface area contributed by atoms with Gasteiger partial charge in [0.05, 0.1) is 0 Å². The van der Waals surface area contributed by atoms with Gasteiger partial charge in [-0.15, -0.1) is 0 Å². The lowest BCUT2D eigenvalue weighted by Gasteiger charge is -2.37. The van der Waals surface area contributed by atoms with Crippen LogP contribution in [0.2, 0.25) is 0 Å². The van der Waals surface area contributed by atoms with Crippen LogP contribution < -0.4 is 0 Å². The molecule has 66 valence electrons. The highest BCUT2D eigenvalue weighted by molar-refractivity contribution is 5.88. The molecule has 0 aromatic heterocycles. The average molecular weight is 164 g/mol. The second kappa shape index (κ2) is 2.72. The zero-order chi connectivity index (χ0) is 8.60. The molecule has 0 N–H and O–H groups in total. The van der Waals surface area contributed by atoms with Crippen LogP contribution in [0, 0.1) is 5.41 Å². The molecular formula is C11H16O. The van der Waals surface area contributed by atoms with E-state index in [1.54, 1.807) is 0 Å². The molecule has 0 radical (unpaired) electrons. The van der Waals surface area contributed by atoms with Crippen molar-refractivity contribution in [1.82, 2.24) is 0 Å². The third-order valence-electron chi connectivity index (χ3n) is 3.45. The van der Waals surface area contributed by atoms with E-state index in [0.717, 1.165) is 19.3 Å². The summed E-state index contributed by atoms with van der Waals surface area (Å²) in [5.41, 5.74) is 1.39. The van der Waals surface area contributed by atoms with Gasteiger partial charge in [-0.3, -0.25) is 4.79 Å². The van der Waals surface area contributed by atoms with E-state index in [1.807, 2.05) is 0 Å². The Balaban J connectivity index is 2.34. The molecule has 0 aromatic carbocycles. The van der Waals surface area contributed by atoms with Crippen molar-refractivity contribution in [1.29, 1.82) is 0 Å².